The number of aromatic nitrogens is 1. The molecule has 22 heavy (non-hydrogen) atoms. The van der Waals surface area contributed by atoms with Crippen molar-refractivity contribution in [2.24, 2.45) is 0 Å². The highest BCUT2D eigenvalue weighted by Gasteiger charge is 2.23. The summed E-state index contributed by atoms with van der Waals surface area (Å²) in [4.78, 5) is 12.5. The number of carbonyl (C=O) groups excluding carboxylic acids is 1. The summed E-state index contributed by atoms with van der Waals surface area (Å²) in [6, 6.07) is 12.1. The van der Waals surface area contributed by atoms with Gasteiger partial charge in [0.25, 0.3) is 5.91 Å². The van der Waals surface area contributed by atoms with Gasteiger partial charge in [-0.3, -0.25) is 4.79 Å². The molecule has 0 aliphatic rings. The van der Waals surface area contributed by atoms with Gasteiger partial charge in [-0.05, 0) is 37.3 Å². The smallest absolute Gasteiger partial charge is 0.261 e. The zero-order valence-electron chi connectivity index (χ0n) is 11.7. The molecule has 1 amide bonds. The van der Waals surface area contributed by atoms with Crippen LogP contribution in [0.4, 0.5) is 5.69 Å². The Hall–Kier alpha value is -3.33. The van der Waals surface area contributed by atoms with Crippen molar-refractivity contribution in [2.75, 3.05) is 5.32 Å². The lowest BCUT2D eigenvalue weighted by Gasteiger charge is -2.05. The summed E-state index contributed by atoms with van der Waals surface area (Å²) in [6.45, 7) is 1.65. The Bertz CT molecular complexity index is 857. The molecule has 0 aliphatic carbocycles. The third-order valence-corrected chi connectivity index (χ3v) is 3.09. The van der Waals surface area contributed by atoms with Gasteiger partial charge in [0.15, 0.2) is 11.5 Å². The van der Waals surface area contributed by atoms with Gasteiger partial charge < -0.3 is 14.3 Å². The zero-order valence-corrected chi connectivity index (χ0v) is 11.7. The fourth-order valence-corrected chi connectivity index (χ4v) is 2.08. The van der Waals surface area contributed by atoms with Crippen LogP contribution in [0.5, 0.6) is 0 Å². The molecule has 0 saturated heterocycles. The lowest BCUT2D eigenvalue weighted by molar-refractivity contribution is 0.102. The van der Waals surface area contributed by atoms with E-state index in [0.717, 1.165) is 0 Å². The number of furan rings is 1. The van der Waals surface area contributed by atoms with Crippen molar-refractivity contribution in [2.45, 2.75) is 6.92 Å². The van der Waals surface area contributed by atoms with Gasteiger partial charge >= 0.3 is 0 Å². The largest absolute Gasteiger partial charge is 0.463 e. The van der Waals surface area contributed by atoms with E-state index in [9.17, 15) is 4.79 Å². The molecule has 0 aliphatic heterocycles. The van der Waals surface area contributed by atoms with Crippen LogP contribution in [0.1, 0.15) is 21.7 Å². The Morgan fingerprint density at radius 2 is 2.18 bits per heavy atom. The van der Waals surface area contributed by atoms with Crippen LogP contribution in [0.15, 0.2) is 51.6 Å². The lowest BCUT2D eigenvalue weighted by atomic mass is 10.1. The Labute approximate surface area is 126 Å². The molecule has 0 fully saturated rings. The highest BCUT2D eigenvalue weighted by atomic mass is 16.5. The van der Waals surface area contributed by atoms with Crippen LogP contribution in [0.2, 0.25) is 0 Å². The number of nitrogens with one attached hydrogen (secondary N) is 1. The maximum atomic E-state index is 12.5. The van der Waals surface area contributed by atoms with E-state index in [1.54, 1.807) is 43.3 Å². The standard InChI is InChI=1S/C16H11N3O3/c1-10-14(15(19-22-10)13-6-3-7-21-13)16(20)18-12-5-2-4-11(8-12)9-17/h2-8H,1H3,(H,18,20). The van der Waals surface area contributed by atoms with E-state index in [4.69, 9.17) is 14.2 Å². The fraction of sp³-hybridized carbons (Fsp3) is 0.0625. The zero-order chi connectivity index (χ0) is 15.5. The van der Waals surface area contributed by atoms with Crippen LogP contribution in [-0.2, 0) is 0 Å². The van der Waals surface area contributed by atoms with Gasteiger partial charge in [0.05, 0.1) is 17.9 Å². The highest BCUT2D eigenvalue weighted by Crippen LogP contribution is 2.26. The van der Waals surface area contributed by atoms with Crippen molar-refractivity contribution >= 4 is 11.6 Å². The van der Waals surface area contributed by atoms with Crippen LogP contribution >= 0.6 is 0 Å². The SMILES string of the molecule is Cc1onc(-c2ccco2)c1C(=O)Nc1cccc(C#N)c1. The highest BCUT2D eigenvalue weighted by molar-refractivity contribution is 6.08. The van der Waals surface area contributed by atoms with Crippen molar-refractivity contribution in [3.63, 3.8) is 0 Å². The van der Waals surface area contributed by atoms with Crippen LogP contribution in [0.3, 0.4) is 0 Å². The molecule has 6 nitrogen and oxygen atoms in total. The first-order valence-electron chi connectivity index (χ1n) is 6.50. The number of nitriles is 1. The molecule has 0 bridgehead atoms. The van der Waals surface area contributed by atoms with Crippen molar-refractivity contribution in [3.05, 3.63) is 59.5 Å². The van der Waals surface area contributed by atoms with Crippen LogP contribution in [0.25, 0.3) is 11.5 Å². The quantitative estimate of drug-likeness (QED) is 0.799. The second-order valence-electron chi connectivity index (χ2n) is 4.59. The van der Waals surface area contributed by atoms with Gasteiger partial charge in [0.2, 0.25) is 0 Å². The number of amides is 1. The fourth-order valence-electron chi connectivity index (χ4n) is 2.08. The van der Waals surface area contributed by atoms with E-state index in [0.29, 0.717) is 34.0 Å². The molecule has 0 radical (unpaired) electrons. The normalized spacial score (nSPS) is 10.2. The van der Waals surface area contributed by atoms with E-state index in [1.165, 1.54) is 6.26 Å². The second kappa shape index (κ2) is 5.58. The Kier molecular flexibility index (Phi) is 3.46. The number of carbonyl (C=O) groups is 1. The summed E-state index contributed by atoms with van der Waals surface area (Å²) in [6.07, 6.45) is 1.50. The number of aryl methyl sites for hydroxylation is 1. The monoisotopic (exact) mass is 293 g/mol. The van der Waals surface area contributed by atoms with E-state index >= 15 is 0 Å². The maximum Gasteiger partial charge on any atom is 0.261 e. The molecule has 108 valence electrons. The van der Waals surface area contributed by atoms with Gasteiger partial charge in [-0.15, -0.1) is 0 Å². The maximum absolute atomic E-state index is 12.5. The van der Waals surface area contributed by atoms with Gasteiger partial charge in [0.1, 0.15) is 11.3 Å². The lowest BCUT2D eigenvalue weighted by Crippen LogP contribution is -2.13. The second-order valence-corrected chi connectivity index (χ2v) is 4.59. The molecule has 0 atom stereocenters. The molecule has 0 saturated carbocycles. The van der Waals surface area contributed by atoms with Gasteiger partial charge in [-0.1, -0.05) is 11.2 Å². The van der Waals surface area contributed by atoms with Crippen LogP contribution in [-0.4, -0.2) is 11.1 Å². The summed E-state index contributed by atoms with van der Waals surface area (Å²) < 4.78 is 10.4. The van der Waals surface area contributed by atoms with Gasteiger partial charge in [-0.25, -0.2) is 0 Å². The number of nitrogens with zero attached hydrogens (tertiary/aromatic N) is 2. The molecule has 0 unspecified atom stereocenters. The third kappa shape index (κ3) is 2.47. The first kappa shape index (κ1) is 13.6. The van der Waals surface area contributed by atoms with E-state index < -0.39 is 0 Å². The van der Waals surface area contributed by atoms with Crippen LogP contribution in [0, 0.1) is 18.3 Å². The molecule has 2 heterocycles. The minimum atomic E-state index is -0.375. The summed E-state index contributed by atoms with van der Waals surface area (Å²) >= 11 is 0. The summed E-state index contributed by atoms with van der Waals surface area (Å²) in [5, 5.41) is 15.5. The Morgan fingerprint density at radius 1 is 1.32 bits per heavy atom. The predicted octanol–water partition coefficient (Wildman–Crippen LogP) is 3.37. The van der Waals surface area contributed by atoms with E-state index in [2.05, 4.69) is 10.5 Å². The van der Waals surface area contributed by atoms with Crippen molar-refractivity contribution < 1.29 is 13.7 Å². The number of anilines is 1. The van der Waals surface area contributed by atoms with Crippen molar-refractivity contribution in [1.29, 1.82) is 5.26 Å². The molecule has 0 spiro atoms. The molecule has 3 aromatic rings. The summed E-state index contributed by atoms with van der Waals surface area (Å²) in [7, 11) is 0. The van der Waals surface area contributed by atoms with Crippen LogP contribution < -0.4 is 5.32 Å². The molecule has 2 aromatic heterocycles. The van der Waals surface area contributed by atoms with E-state index in [-0.39, 0.29) is 5.91 Å². The van der Waals surface area contributed by atoms with Crippen molar-refractivity contribution in [3.8, 4) is 17.5 Å². The minimum absolute atomic E-state index is 0.303. The van der Waals surface area contributed by atoms with Crippen molar-refractivity contribution in [1.82, 2.24) is 5.16 Å². The average molecular weight is 293 g/mol. The Balaban J connectivity index is 1.93. The number of benzene rings is 1. The third-order valence-electron chi connectivity index (χ3n) is 3.09. The topological polar surface area (TPSA) is 92.1 Å². The molecular formula is C16H11N3O3. The van der Waals surface area contributed by atoms with Gasteiger partial charge in [0, 0.05) is 5.69 Å². The minimum Gasteiger partial charge on any atom is -0.463 e. The number of rotatable bonds is 3. The van der Waals surface area contributed by atoms with E-state index in [1.807, 2.05) is 6.07 Å². The summed E-state index contributed by atoms with van der Waals surface area (Å²) in [5.41, 5.74) is 1.63. The Morgan fingerprint density at radius 3 is 2.91 bits per heavy atom. The average Bonchev–Trinajstić information content (AvgIpc) is 3.16. The molecule has 1 N–H and O–H groups in total. The molecular weight excluding hydrogens is 282 g/mol. The molecule has 6 heteroatoms. The first-order chi connectivity index (χ1) is 10.7. The number of hydrogen-bond donors (Lipinski definition) is 1. The van der Waals surface area contributed by atoms with Gasteiger partial charge in [-0.2, -0.15) is 5.26 Å². The predicted molar refractivity (Wildman–Crippen MR) is 78.1 cm³/mol. The number of hydrogen-bond acceptors (Lipinski definition) is 5. The first-order valence-corrected chi connectivity index (χ1v) is 6.50. The molecule has 1 aromatic carbocycles. The summed E-state index contributed by atoms with van der Waals surface area (Å²) in [5.74, 6) is 0.466. The molecule has 3 rings (SSSR count).